The average Bonchev–Trinajstić information content (AvgIpc) is 2.38. The molecule has 0 aliphatic heterocycles. The van der Waals surface area contributed by atoms with Crippen LogP contribution >= 0.6 is 0 Å². The van der Waals surface area contributed by atoms with Gasteiger partial charge in [0.25, 0.3) is 11.4 Å². The highest BCUT2D eigenvalue weighted by Gasteiger charge is 2.24. The fourth-order valence-corrected chi connectivity index (χ4v) is 1.54. The summed E-state index contributed by atoms with van der Waals surface area (Å²) in [5, 5.41) is 24.2. The number of rotatable bonds is 7. The SMILES string of the molecule is CCOC(=O)CCNc1c([N+](=O)[O-])cccc1[N+](=O)[O-]. The van der Waals surface area contributed by atoms with E-state index in [1.54, 1.807) is 6.92 Å². The van der Waals surface area contributed by atoms with Gasteiger partial charge in [0.05, 0.1) is 22.9 Å². The first-order chi connectivity index (χ1) is 9.47. The predicted octanol–water partition coefficient (Wildman–Crippen LogP) is 1.87. The number of esters is 1. The second-order valence-corrected chi connectivity index (χ2v) is 3.67. The largest absolute Gasteiger partial charge is 0.466 e. The number of nitrogens with zero attached hydrogens (tertiary/aromatic N) is 2. The number of carbonyl (C=O) groups excluding carboxylic acids is 1. The molecule has 1 N–H and O–H groups in total. The van der Waals surface area contributed by atoms with E-state index in [4.69, 9.17) is 0 Å². The molecular formula is C11H13N3O6. The number of carbonyl (C=O) groups is 1. The third-order valence-corrected chi connectivity index (χ3v) is 2.35. The summed E-state index contributed by atoms with van der Waals surface area (Å²) < 4.78 is 4.69. The maximum Gasteiger partial charge on any atom is 0.307 e. The van der Waals surface area contributed by atoms with Crippen LogP contribution in [0.4, 0.5) is 17.1 Å². The highest BCUT2D eigenvalue weighted by atomic mass is 16.6. The lowest BCUT2D eigenvalue weighted by Crippen LogP contribution is -2.13. The van der Waals surface area contributed by atoms with Crippen molar-refractivity contribution >= 4 is 23.0 Å². The molecule has 0 aliphatic rings. The monoisotopic (exact) mass is 283 g/mol. The number of nitro benzene ring substituents is 2. The van der Waals surface area contributed by atoms with Gasteiger partial charge in [0.2, 0.25) is 0 Å². The molecule has 0 atom stereocenters. The van der Waals surface area contributed by atoms with Gasteiger partial charge in [0.1, 0.15) is 0 Å². The Balaban J connectivity index is 2.88. The van der Waals surface area contributed by atoms with E-state index in [0.29, 0.717) is 0 Å². The Morgan fingerprint density at radius 1 is 1.25 bits per heavy atom. The molecule has 1 rings (SSSR count). The Morgan fingerprint density at radius 2 is 1.80 bits per heavy atom. The van der Waals surface area contributed by atoms with Crippen molar-refractivity contribution in [3.8, 4) is 0 Å². The van der Waals surface area contributed by atoms with Crippen molar-refractivity contribution in [3.63, 3.8) is 0 Å². The Bertz CT molecular complexity index is 499. The van der Waals surface area contributed by atoms with Gasteiger partial charge in [-0.1, -0.05) is 0 Å². The molecular weight excluding hydrogens is 270 g/mol. The van der Waals surface area contributed by atoms with E-state index in [1.807, 2.05) is 0 Å². The molecule has 0 bridgehead atoms. The molecule has 20 heavy (non-hydrogen) atoms. The zero-order chi connectivity index (χ0) is 15.1. The minimum absolute atomic E-state index is 0.00449. The molecule has 9 heteroatoms. The van der Waals surface area contributed by atoms with Gasteiger partial charge in [-0.25, -0.2) is 0 Å². The molecule has 0 spiro atoms. The molecule has 0 amide bonds. The van der Waals surface area contributed by atoms with Gasteiger partial charge in [0, 0.05) is 18.7 Å². The fraction of sp³-hybridized carbons (Fsp3) is 0.364. The topological polar surface area (TPSA) is 125 Å². The van der Waals surface area contributed by atoms with Crippen LogP contribution < -0.4 is 5.32 Å². The van der Waals surface area contributed by atoms with Crippen LogP contribution in [0.2, 0.25) is 0 Å². The first kappa shape index (κ1) is 15.3. The first-order valence-corrected chi connectivity index (χ1v) is 5.78. The summed E-state index contributed by atoms with van der Waals surface area (Å²) >= 11 is 0. The lowest BCUT2D eigenvalue weighted by atomic mass is 10.2. The van der Waals surface area contributed by atoms with Gasteiger partial charge in [-0.2, -0.15) is 0 Å². The van der Waals surface area contributed by atoms with E-state index in [-0.39, 0.29) is 25.3 Å². The molecule has 9 nitrogen and oxygen atoms in total. The summed E-state index contributed by atoms with van der Waals surface area (Å²) in [4.78, 5) is 31.4. The molecule has 0 radical (unpaired) electrons. The lowest BCUT2D eigenvalue weighted by Gasteiger charge is -2.07. The van der Waals surface area contributed by atoms with Crippen molar-refractivity contribution in [3.05, 3.63) is 38.4 Å². The number of nitro groups is 2. The standard InChI is InChI=1S/C11H13N3O6/c1-2-20-10(15)6-7-12-11-8(13(16)17)4-3-5-9(11)14(18)19/h3-5,12H,2,6-7H2,1H3. The Morgan fingerprint density at radius 3 is 2.25 bits per heavy atom. The molecule has 0 aromatic heterocycles. The molecule has 0 saturated heterocycles. The number of nitrogens with one attached hydrogen (secondary N) is 1. The van der Waals surface area contributed by atoms with Gasteiger partial charge >= 0.3 is 5.97 Å². The Labute approximate surface area is 113 Å². The third-order valence-electron chi connectivity index (χ3n) is 2.35. The minimum Gasteiger partial charge on any atom is -0.466 e. The highest BCUT2D eigenvalue weighted by molar-refractivity contribution is 5.75. The van der Waals surface area contributed by atoms with E-state index in [0.717, 1.165) is 12.1 Å². The second-order valence-electron chi connectivity index (χ2n) is 3.67. The smallest absolute Gasteiger partial charge is 0.307 e. The van der Waals surface area contributed by atoms with E-state index >= 15 is 0 Å². The quantitative estimate of drug-likeness (QED) is 0.460. The van der Waals surface area contributed by atoms with Crippen LogP contribution in [-0.2, 0) is 9.53 Å². The third kappa shape index (κ3) is 3.90. The average molecular weight is 283 g/mol. The van der Waals surface area contributed by atoms with Crippen LogP contribution in [0, 0.1) is 20.2 Å². The molecule has 108 valence electrons. The van der Waals surface area contributed by atoms with Crippen molar-refractivity contribution in [2.24, 2.45) is 0 Å². The number of anilines is 1. The molecule has 0 fully saturated rings. The molecule has 1 aromatic rings. The number of para-hydroxylation sites is 1. The van der Waals surface area contributed by atoms with Crippen LogP contribution in [0.1, 0.15) is 13.3 Å². The first-order valence-electron chi connectivity index (χ1n) is 5.78. The van der Waals surface area contributed by atoms with Crippen LogP contribution in [0.25, 0.3) is 0 Å². The highest BCUT2D eigenvalue weighted by Crippen LogP contribution is 2.33. The lowest BCUT2D eigenvalue weighted by molar-refractivity contribution is -0.392. The maximum absolute atomic E-state index is 11.1. The Kier molecular flexibility index (Phi) is 5.39. The van der Waals surface area contributed by atoms with E-state index < -0.39 is 27.2 Å². The normalized spacial score (nSPS) is 9.85. The van der Waals surface area contributed by atoms with E-state index in [2.05, 4.69) is 10.1 Å². The molecule has 0 aliphatic carbocycles. The number of hydrogen-bond donors (Lipinski definition) is 1. The van der Waals surface area contributed by atoms with Gasteiger partial charge < -0.3 is 10.1 Å². The zero-order valence-corrected chi connectivity index (χ0v) is 10.7. The van der Waals surface area contributed by atoms with Crippen molar-refractivity contribution in [2.45, 2.75) is 13.3 Å². The Hall–Kier alpha value is -2.71. The van der Waals surface area contributed by atoms with Crippen molar-refractivity contribution in [1.29, 1.82) is 0 Å². The maximum atomic E-state index is 11.1. The summed E-state index contributed by atoms with van der Waals surface area (Å²) in [7, 11) is 0. The summed E-state index contributed by atoms with van der Waals surface area (Å²) in [5.74, 6) is -0.485. The summed E-state index contributed by atoms with van der Waals surface area (Å²) in [6.45, 7) is 1.88. The number of benzene rings is 1. The summed E-state index contributed by atoms with van der Waals surface area (Å²) in [5.41, 5.74) is -1.04. The van der Waals surface area contributed by atoms with Gasteiger partial charge in [-0.15, -0.1) is 0 Å². The fourth-order valence-electron chi connectivity index (χ4n) is 1.54. The second kappa shape index (κ2) is 7.02. The van der Waals surface area contributed by atoms with Crippen LogP contribution in [0.5, 0.6) is 0 Å². The van der Waals surface area contributed by atoms with Crippen molar-refractivity contribution < 1.29 is 19.4 Å². The van der Waals surface area contributed by atoms with Crippen molar-refractivity contribution in [1.82, 2.24) is 0 Å². The molecule has 1 aromatic carbocycles. The van der Waals surface area contributed by atoms with Crippen LogP contribution in [-0.4, -0.2) is 29.0 Å². The zero-order valence-electron chi connectivity index (χ0n) is 10.7. The van der Waals surface area contributed by atoms with Crippen LogP contribution in [0.3, 0.4) is 0 Å². The summed E-state index contributed by atoms with van der Waals surface area (Å²) in [6, 6.07) is 3.53. The van der Waals surface area contributed by atoms with Gasteiger partial charge in [-0.3, -0.25) is 25.0 Å². The van der Waals surface area contributed by atoms with Gasteiger partial charge in [0.15, 0.2) is 5.69 Å². The summed E-state index contributed by atoms with van der Waals surface area (Å²) in [6.07, 6.45) is -0.0446. The number of ether oxygens (including phenoxy) is 1. The minimum atomic E-state index is -0.723. The molecule has 0 heterocycles. The van der Waals surface area contributed by atoms with E-state index in [1.165, 1.54) is 6.07 Å². The van der Waals surface area contributed by atoms with Crippen LogP contribution in [0.15, 0.2) is 18.2 Å². The van der Waals surface area contributed by atoms with Crippen molar-refractivity contribution in [2.75, 3.05) is 18.5 Å². The number of hydrogen-bond acceptors (Lipinski definition) is 7. The molecule has 0 unspecified atom stereocenters. The van der Waals surface area contributed by atoms with Gasteiger partial charge in [-0.05, 0) is 13.0 Å². The predicted molar refractivity (Wildman–Crippen MR) is 69.5 cm³/mol. The van der Waals surface area contributed by atoms with E-state index in [9.17, 15) is 25.0 Å². The molecule has 0 saturated carbocycles.